The van der Waals surface area contributed by atoms with Crippen LogP contribution in [0.25, 0.3) is 0 Å². The van der Waals surface area contributed by atoms with Gasteiger partial charge in [-0.2, -0.15) is 0 Å². The summed E-state index contributed by atoms with van der Waals surface area (Å²) in [5.74, 6) is -2.09. The number of nitrogens with two attached hydrogens (primary N) is 1. The molecule has 0 aliphatic heterocycles. The number of rotatable bonds is 3. The van der Waals surface area contributed by atoms with E-state index in [0.717, 1.165) is 0 Å². The fraction of sp³-hybridized carbons (Fsp3) is 0. The first-order valence-electron chi connectivity index (χ1n) is 6.87. The van der Waals surface area contributed by atoms with Crippen LogP contribution in [0.1, 0.15) is 31.1 Å². The van der Waals surface area contributed by atoms with E-state index in [2.05, 4.69) is 5.32 Å². The van der Waals surface area contributed by atoms with Crippen molar-refractivity contribution < 1.29 is 19.5 Å². The van der Waals surface area contributed by atoms with Crippen molar-refractivity contribution in [3.8, 4) is 0 Å². The number of Topliss-reactive ketones (excluding diaryl/α,β-unsaturated/α-hetero) is 2. The number of allylic oxidation sites excluding steroid dienone is 2. The Morgan fingerprint density at radius 2 is 1.67 bits per heavy atom. The van der Waals surface area contributed by atoms with E-state index in [4.69, 9.17) is 22.4 Å². The van der Waals surface area contributed by atoms with Crippen LogP contribution >= 0.6 is 11.6 Å². The van der Waals surface area contributed by atoms with E-state index < -0.39 is 17.5 Å². The zero-order chi connectivity index (χ0) is 17.4. The average Bonchev–Trinajstić information content (AvgIpc) is 2.56. The highest BCUT2D eigenvalue weighted by Crippen LogP contribution is 2.30. The summed E-state index contributed by atoms with van der Waals surface area (Å²) in [5, 5.41) is 11.5. The Hall–Kier alpha value is -3.12. The number of hydrogen-bond acceptors (Lipinski definition) is 5. The number of carbonyl (C=O) groups is 3. The molecule has 4 N–H and O–H groups in total. The van der Waals surface area contributed by atoms with Gasteiger partial charge in [0.15, 0.2) is 0 Å². The van der Waals surface area contributed by atoms with E-state index in [9.17, 15) is 14.4 Å². The van der Waals surface area contributed by atoms with E-state index in [1.54, 1.807) is 12.1 Å². The molecule has 1 aliphatic carbocycles. The van der Waals surface area contributed by atoms with E-state index >= 15 is 0 Å². The van der Waals surface area contributed by atoms with Gasteiger partial charge in [-0.3, -0.25) is 9.59 Å². The van der Waals surface area contributed by atoms with E-state index in [0.29, 0.717) is 0 Å². The molecule has 0 spiro atoms. The molecule has 3 rings (SSSR count). The largest absolute Gasteiger partial charge is 0.478 e. The number of halogens is 1. The second kappa shape index (κ2) is 5.82. The van der Waals surface area contributed by atoms with Crippen molar-refractivity contribution in [3.05, 3.63) is 69.9 Å². The minimum Gasteiger partial charge on any atom is -0.478 e. The Morgan fingerprint density at radius 3 is 2.29 bits per heavy atom. The molecule has 0 saturated carbocycles. The number of hydrogen-bond donors (Lipinski definition) is 3. The normalized spacial score (nSPS) is 13.7. The monoisotopic (exact) mass is 342 g/mol. The lowest BCUT2D eigenvalue weighted by molar-refractivity contribution is 0.0696. The Bertz CT molecular complexity index is 934. The predicted octanol–water partition coefficient (Wildman–Crippen LogP) is 2.91. The lowest BCUT2D eigenvalue weighted by Gasteiger charge is -2.19. The number of nitrogen functional groups attached to an aromatic ring is 1. The third-order valence-electron chi connectivity index (χ3n) is 3.53. The van der Waals surface area contributed by atoms with Gasteiger partial charge in [-0.25, -0.2) is 4.79 Å². The molecule has 0 heterocycles. The van der Waals surface area contributed by atoms with Crippen molar-refractivity contribution in [1.29, 1.82) is 0 Å². The van der Waals surface area contributed by atoms with Crippen LogP contribution in [-0.4, -0.2) is 22.6 Å². The first-order chi connectivity index (χ1) is 11.4. The SMILES string of the molecule is Nc1cc(NC2=C(Cl)C(=O)c3ccccc3C2=O)cc(C(=O)O)c1. The van der Waals surface area contributed by atoms with Gasteiger partial charge < -0.3 is 16.2 Å². The number of anilines is 2. The van der Waals surface area contributed by atoms with Gasteiger partial charge in [0.2, 0.25) is 11.6 Å². The molecule has 0 atom stereocenters. The molecule has 0 bridgehead atoms. The fourth-order valence-corrected chi connectivity index (χ4v) is 2.68. The summed E-state index contributed by atoms with van der Waals surface area (Å²) >= 11 is 6.05. The number of carboxylic acids is 1. The van der Waals surface area contributed by atoms with Crippen LogP contribution in [-0.2, 0) is 0 Å². The number of carbonyl (C=O) groups excluding carboxylic acids is 2. The van der Waals surface area contributed by atoms with Gasteiger partial charge in [0.05, 0.1) is 5.56 Å². The van der Waals surface area contributed by atoms with Gasteiger partial charge in [-0.05, 0) is 18.2 Å². The summed E-state index contributed by atoms with van der Waals surface area (Å²) in [5.41, 5.74) is 6.43. The summed E-state index contributed by atoms with van der Waals surface area (Å²) in [4.78, 5) is 36.0. The van der Waals surface area contributed by atoms with Crippen molar-refractivity contribution in [2.45, 2.75) is 0 Å². The van der Waals surface area contributed by atoms with Gasteiger partial charge in [0, 0.05) is 22.5 Å². The average molecular weight is 343 g/mol. The maximum absolute atomic E-state index is 12.6. The number of nitrogens with one attached hydrogen (secondary N) is 1. The first-order valence-corrected chi connectivity index (χ1v) is 7.25. The molecule has 0 aromatic heterocycles. The quantitative estimate of drug-likeness (QED) is 0.740. The first kappa shape index (κ1) is 15.8. The topological polar surface area (TPSA) is 109 Å². The third kappa shape index (κ3) is 2.63. The maximum Gasteiger partial charge on any atom is 0.335 e. The second-order valence-electron chi connectivity index (χ2n) is 5.17. The number of carboxylic acid groups (broad SMARTS) is 1. The van der Waals surface area contributed by atoms with E-state index in [1.165, 1.54) is 30.3 Å². The third-order valence-corrected chi connectivity index (χ3v) is 3.89. The Morgan fingerprint density at radius 1 is 1.04 bits per heavy atom. The van der Waals surface area contributed by atoms with Gasteiger partial charge >= 0.3 is 5.97 Å². The molecule has 6 nitrogen and oxygen atoms in total. The van der Waals surface area contributed by atoms with Crippen molar-refractivity contribution in [2.24, 2.45) is 0 Å². The summed E-state index contributed by atoms with van der Waals surface area (Å²) in [6.45, 7) is 0. The Labute approximate surface area is 141 Å². The fourth-order valence-electron chi connectivity index (χ4n) is 2.45. The smallest absolute Gasteiger partial charge is 0.335 e. The molecule has 120 valence electrons. The zero-order valence-electron chi connectivity index (χ0n) is 12.2. The van der Waals surface area contributed by atoms with Gasteiger partial charge in [-0.1, -0.05) is 35.9 Å². The van der Waals surface area contributed by atoms with Crippen LogP contribution < -0.4 is 11.1 Å². The van der Waals surface area contributed by atoms with Crippen LogP contribution in [0, 0.1) is 0 Å². The standard InChI is InChI=1S/C17H11ClN2O4/c18-13-14(16(22)12-4-2-1-3-11(12)15(13)21)20-10-6-8(17(23)24)5-9(19)7-10/h1-7,20H,19H2,(H,23,24). The molecule has 2 aromatic rings. The number of ketones is 2. The van der Waals surface area contributed by atoms with Crippen molar-refractivity contribution in [3.63, 3.8) is 0 Å². The lowest BCUT2D eigenvalue weighted by Crippen LogP contribution is -2.24. The van der Waals surface area contributed by atoms with E-state index in [-0.39, 0.29) is 38.8 Å². The minimum absolute atomic E-state index is 0.0517. The number of benzene rings is 2. The van der Waals surface area contributed by atoms with Gasteiger partial charge in [-0.15, -0.1) is 0 Å². The van der Waals surface area contributed by atoms with Crippen LogP contribution in [0.3, 0.4) is 0 Å². The molecule has 2 aromatic carbocycles. The Balaban J connectivity index is 2.05. The van der Waals surface area contributed by atoms with Crippen LogP contribution in [0.2, 0.25) is 0 Å². The van der Waals surface area contributed by atoms with Gasteiger partial charge in [0.25, 0.3) is 0 Å². The molecule has 0 saturated heterocycles. The van der Waals surface area contributed by atoms with E-state index in [1.807, 2.05) is 0 Å². The summed E-state index contributed by atoms with van der Waals surface area (Å²) in [7, 11) is 0. The highest BCUT2D eigenvalue weighted by atomic mass is 35.5. The predicted molar refractivity (Wildman–Crippen MR) is 89.4 cm³/mol. The molecule has 0 amide bonds. The van der Waals surface area contributed by atoms with Gasteiger partial charge in [0.1, 0.15) is 10.7 Å². The van der Waals surface area contributed by atoms with Crippen LogP contribution in [0.4, 0.5) is 11.4 Å². The molecule has 0 fully saturated rings. The molecular formula is C17H11ClN2O4. The zero-order valence-corrected chi connectivity index (χ0v) is 12.9. The van der Waals surface area contributed by atoms with Crippen LogP contribution in [0.5, 0.6) is 0 Å². The molecule has 24 heavy (non-hydrogen) atoms. The van der Waals surface area contributed by atoms with Crippen molar-refractivity contribution >= 4 is 40.5 Å². The second-order valence-corrected chi connectivity index (χ2v) is 5.54. The van der Waals surface area contributed by atoms with Crippen molar-refractivity contribution in [1.82, 2.24) is 0 Å². The summed E-state index contributed by atoms with van der Waals surface area (Å²) in [6, 6.07) is 10.4. The lowest BCUT2D eigenvalue weighted by atomic mass is 9.92. The Kier molecular flexibility index (Phi) is 3.83. The summed E-state index contributed by atoms with van der Waals surface area (Å²) in [6.07, 6.45) is 0. The highest BCUT2D eigenvalue weighted by molar-refractivity contribution is 6.50. The molecule has 7 heteroatoms. The highest BCUT2D eigenvalue weighted by Gasteiger charge is 2.31. The minimum atomic E-state index is -1.16. The summed E-state index contributed by atoms with van der Waals surface area (Å²) < 4.78 is 0. The van der Waals surface area contributed by atoms with Crippen LogP contribution in [0.15, 0.2) is 53.2 Å². The number of aromatic carboxylic acids is 1. The molecular weight excluding hydrogens is 332 g/mol. The molecule has 1 aliphatic rings. The maximum atomic E-state index is 12.6. The molecule has 0 radical (unpaired) electrons. The van der Waals surface area contributed by atoms with Crippen molar-refractivity contribution in [2.75, 3.05) is 11.1 Å². The number of fused-ring (bicyclic) bond motifs is 1. The molecule has 0 unspecified atom stereocenters.